The highest BCUT2D eigenvalue weighted by Crippen LogP contribution is 2.37. The van der Waals surface area contributed by atoms with Crippen LogP contribution in [0.4, 0.5) is 14.5 Å². The molecule has 0 radical (unpaired) electrons. The van der Waals surface area contributed by atoms with Gasteiger partial charge < -0.3 is 14.2 Å². The van der Waals surface area contributed by atoms with Crippen LogP contribution in [0, 0.1) is 11.6 Å². The quantitative estimate of drug-likeness (QED) is 0.875. The van der Waals surface area contributed by atoms with E-state index in [-0.39, 0.29) is 43.0 Å². The second-order valence-corrected chi connectivity index (χ2v) is 5.16. The van der Waals surface area contributed by atoms with Crippen molar-refractivity contribution in [1.82, 2.24) is 9.55 Å². The zero-order valence-corrected chi connectivity index (χ0v) is 12.0. The molecule has 2 aromatic rings. The van der Waals surface area contributed by atoms with Crippen LogP contribution in [0.1, 0.15) is 19.4 Å². The van der Waals surface area contributed by atoms with Gasteiger partial charge in [-0.2, -0.15) is 0 Å². The number of fused-ring (bicyclic) bond motifs is 1. The van der Waals surface area contributed by atoms with Crippen LogP contribution < -0.4 is 9.64 Å². The summed E-state index contributed by atoms with van der Waals surface area (Å²) in [5, 5.41) is 0. The zero-order valence-electron chi connectivity index (χ0n) is 12.0. The number of benzene rings is 1. The largest absolute Gasteiger partial charge is 0.486 e. The van der Waals surface area contributed by atoms with E-state index in [1.54, 1.807) is 23.3 Å². The van der Waals surface area contributed by atoms with Gasteiger partial charge in [-0.15, -0.1) is 0 Å². The van der Waals surface area contributed by atoms with E-state index in [9.17, 15) is 13.6 Å². The number of imidazole rings is 1. The van der Waals surface area contributed by atoms with E-state index in [2.05, 4.69) is 4.98 Å². The fourth-order valence-electron chi connectivity index (χ4n) is 2.51. The minimum Gasteiger partial charge on any atom is -0.486 e. The standard InChI is InChI=1S/C15H15F2N3O2/c1-10(19-5-4-18-9-19)8-13(21)20-6-7-22-15-12(17)3-2-11(16)14(15)20/h2-5,9-10H,6-8H2,1H3. The Kier molecular flexibility index (Phi) is 3.79. The summed E-state index contributed by atoms with van der Waals surface area (Å²) in [6.07, 6.45) is 5.16. The average Bonchev–Trinajstić information content (AvgIpc) is 3.05. The third-order valence-corrected chi connectivity index (χ3v) is 3.67. The topological polar surface area (TPSA) is 47.4 Å². The number of carbonyl (C=O) groups is 1. The van der Waals surface area contributed by atoms with Crippen LogP contribution in [-0.2, 0) is 4.79 Å². The van der Waals surface area contributed by atoms with Gasteiger partial charge in [0.1, 0.15) is 12.3 Å². The minimum absolute atomic E-state index is 0.117. The monoisotopic (exact) mass is 307 g/mol. The zero-order chi connectivity index (χ0) is 15.7. The molecule has 1 aliphatic heterocycles. The van der Waals surface area contributed by atoms with Crippen molar-refractivity contribution in [2.75, 3.05) is 18.1 Å². The summed E-state index contributed by atoms with van der Waals surface area (Å²) in [7, 11) is 0. The maximum Gasteiger partial charge on any atom is 0.229 e. The number of aromatic nitrogens is 2. The van der Waals surface area contributed by atoms with Gasteiger partial charge in [-0.3, -0.25) is 4.79 Å². The third-order valence-electron chi connectivity index (χ3n) is 3.67. The molecule has 1 aliphatic rings. The van der Waals surface area contributed by atoms with Crippen LogP contribution >= 0.6 is 0 Å². The number of halogens is 2. The van der Waals surface area contributed by atoms with E-state index >= 15 is 0 Å². The van der Waals surface area contributed by atoms with Gasteiger partial charge in [0.25, 0.3) is 0 Å². The summed E-state index contributed by atoms with van der Waals surface area (Å²) >= 11 is 0. The van der Waals surface area contributed by atoms with Crippen LogP contribution in [0.2, 0.25) is 0 Å². The first kappa shape index (κ1) is 14.5. The van der Waals surface area contributed by atoms with E-state index < -0.39 is 11.6 Å². The number of anilines is 1. The molecule has 0 bridgehead atoms. The number of hydrogen-bond donors (Lipinski definition) is 0. The number of amides is 1. The molecule has 22 heavy (non-hydrogen) atoms. The molecule has 1 aromatic heterocycles. The highest BCUT2D eigenvalue weighted by atomic mass is 19.1. The molecule has 1 unspecified atom stereocenters. The predicted octanol–water partition coefficient (Wildman–Crippen LogP) is 2.54. The summed E-state index contributed by atoms with van der Waals surface area (Å²) in [6, 6.07) is 1.87. The highest BCUT2D eigenvalue weighted by Gasteiger charge is 2.30. The molecule has 1 atom stereocenters. The van der Waals surface area contributed by atoms with Gasteiger partial charge in [-0.1, -0.05) is 0 Å². The summed E-state index contributed by atoms with van der Waals surface area (Å²) < 4.78 is 34.7. The Balaban J connectivity index is 1.85. The lowest BCUT2D eigenvalue weighted by Gasteiger charge is -2.30. The van der Waals surface area contributed by atoms with Crippen molar-refractivity contribution in [3.63, 3.8) is 0 Å². The molecule has 0 N–H and O–H groups in total. The van der Waals surface area contributed by atoms with Crippen molar-refractivity contribution in [1.29, 1.82) is 0 Å². The van der Waals surface area contributed by atoms with Gasteiger partial charge in [-0.05, 0) is 19.1 Å². The SMILES string of the molecule is CC(CC(=O)N1CCOc2c(F)ccc(F)c21)n1ccnc1. The van der Waals surface area contributed by atoms with E-state index in [1.165, 1.54) is 4.90 Å². The second kappa shape index (κ2) is 5.75. The maximum absolute atomic E-state index is 14.0. The van der Waals surface area contributed by atoms with Crippen LogP contribution in [-0.4, -0.2) is 28.6 Å². The molecule has 0 fully saturated rings. The lowest BCUT2D eigenvalue weighted by molar-refractivity contribution is -0.119. The Morgan fingerprint density at radius 1 is 1.41 bits per heavy atom. The molecule has 7 heteroatoms. The van der Waals surface area contributed by atoms with Crippen molar-refractivity contribution < 1.29 is 18.3 Å². The number of hydrogen-bond acceptors (Lipinski definition) is 3. The van der Waals surface area contributed by atoms with Gasteiger partial charge in [0.05, 0.1) is 12.9 Å². The highest BCUT2D eigenvalue weighted by molar-refractivity contribution is 5.95. The number of nitrogens with zero attached hydrogens (tertiary/aromatic N) is 3. The molecule has 116 valence electrons. The number of ether oxygens (including phenoxy) is 1. The minimum atomic E-state index is -0.670. The smallest absolute Gasteiger partial charge is 0.229 e. The van der Waals surface area contributed by atoms with Crippen molar-refractivity contribution in [2.24, 2.45) is 0 Å². The summed E-state index contributed by atoms with van der Waals surface area (Å²) in [4.78, 5) is 17.7. The molecule has 1 amide bonds. The summed E-state index contributed by atoms with van der Waals surface area (Å²) in [5.41, 5.74) is -0.117. The lowest BCUT2D eigenvalue weighted by Crippen LogP contribution is -2.39. The number of carbonyl (C=O) groups excluding carboxylic acids is 1. The van der Waals surface area contributed by atoms with E-state index in [4.69, 9.17) is 4.74 Å². The van der Waals surface area contributed by atoms with E-state index in [0.717, 1.165) is 12.1 Å². The molecule has 0 saturated carbocycles. The molecular formula is C15H15F2N3O2. The van der Waals surface area contributed by atoms with Crippen LogP contribution in [0.3, 0.4) is 0 Å². The Labute approximate surface area is 126 Å². The first-order chi connectivity index (χ1) is 10.6. The molecule has 2 heterocycles. The van der Waals surface area contributed by atoms with Crippen molar-refractivity contribution in [3.05, 3.63) is 42.5 Å². The second-order valence-electron chi connectivity index (χ2n) is 5.16. The molecule has 1 aromatic carbocycles. The third kappa shape index (κ3) is 2.54. The Morgan fingerprint density at radius 2 is 2.18 bits per heavy atom. The van der Waals surface area contributed by atoms with E-state index in [0.29, 0.717) is 0 Å². The molecule has 0 spiro atoms. The van der Waals surface area contributed by atoms with Gasteiger partial charge in [0.15, 0.2) is 17.4 Å². The first-order valence-electron chi connectivity index (χ1n) is 6.96. The molecule has 0 aliphatic carbocycles. The Bertz CT molecular complexity index is 688. The predicted molar refractivity (Wildman–Crippen MR) is 75.8 cm³/mol. The molecule has 5 nitrogen and oxygen atoms in total. The Hall–Kier alpha value is -2.44. The van der Waals surface area contributed by atoms with Crippen LogP contribution in [0.15, 0.2) is 30.9 Å². The van der Waals surface area contributed by atoms with Gasteiger partial charge >= 0.3 is 0 Å². The normalized spacial score (nSPS) is 15.1. The van der Waals surface area contributed by atoms with Crippen LogP contribution in [0.25, 0.3) is 0 Å². The van der Waals surface area contributed by atoms with Crippen LogP contribution in [0.5, 0.6) is 5.75 Å². The lowest BCUT2D eigenvalue weighted by atomic mass is 10.1. The maximum atomic E-state index is 14.0. The average molecular weight is 307 g/mol. The van der Waals surface area contributed by atoms with Crippen molar-refractivity contribution in [2.45, 2.75) is 19.4 Å². The van der Waals surface area contributed by atoms with Crippen molar-refractivity contribution in [3.8, 4) is 5.75 Å². The van der Waals surface area contributed by atoms with Gasteiger partial charge in [0, 0.05) is 24.9 Å². The first-order valence-corrected chi connectivity index (χ1v) is 6.96. The molecule has 0 saturated heterocycles. The fourth-order valence-corrected chi connectivity index (χ4v) is 2.51. The molecule has 3 rings (SSSR count). The fraction of sp³-hybridized carbons (Fsp3) is 0.333. The van der Waals surface area contributed by atoms with Gasteiger partial charge in [-0.25, -0.2) is 13.8 Å². The summed E-state index contributed by atoms with van der Waals surface area (Å²) in [6.45, 7) is 2.20. The van der Waals surface area contributed by atoms with Gasteiger partial charge in [0.2, 0.25) is 5.91 Å². The number of rotatable bonds is 3. The Morgan fingerprint density at radius 3 is 2.91 bits per heavy atom. The van der Waals surface area contributed by atoms with Crippen molar-refractivity contribution >= 4 is 11.6 Å². The van der Waals surface area contributed by atoms with E-state index in [1.807, 2.05) is 6.92 Å². The molecular weight excluding hydrogens is 292 g/mol. The summed E-state index contributed by atoms with van der Waals surface area (Å²) in [5.74, 6) is -1.82.